The third kappa shape index (κ3) is 4.74. The number of para-hydroxylation sites is 1. The second kappa shape index (κ2) is 10.8. The molecular formula is C29H32FN7O3. The van der Waals surface area contributed by atoms with Gasteiger partial charge < -0.3 is 19.4 Å². The molecule has 208 valence electrons. The van der Waals surface area contributed by atoms with E-state index in [1.807, 2.05) is 38.1 Å². The molecule has 2 aliphatic heterocycles. The minimum absolute atomic E-state index is 0.123. The number of halogens is 1. The van der Waals surface area contributed by atoms with Crippen molar-refractivity contribution >= 4 is 28.4 Å². The lowest BCUT2D eigenvalue weighted by Crippen LogP contribution is -2.34. The van der Waals surface area contributed by atoms with Crippen LogP contribution in [0.5, 0.6) is 0 Å². The maximum Gasteiger partial charge on any atom is 0.324 e. The van der Waals surface area contributed by atoms with Gasteiger partial charge in [-0.1, -0.05) is 37.2 Å². The van der Waals surface area contributed by atoms with Crippen molar-refractivity contribution in [3.8, 4) is 11.1 Å². The van der Waals surface area contributed by atoms with Crippen molar-refractivity contribution in [2.24, 2.45) is 0 Å². The van der Waals surface area contributed by atoms with E-state index in [1.165, 1.54) is 15.9 Å². The number of fused-ring (bicyclic) bond motifs is 1. The van der Waals surface area contributed by atoms with Gasteiger partial charge in [-0.25, -0.2) is 19.2 Å². The first-order chi connectivity index (χ1) is 19.4. The van der Waals surface area contributed by atoms with E-state index < -0.39 is 5.82 Å². The molecular weight excluding hydrogens is 513 g/mol. The minimum atomic E-state index is -0.479. The molecule has 0 unspecified atom stereocenters. The van der Waals surface area contributed by atoms with E-state index in [0.29, 0.717) is 24.5 Å². The van der Waals surface area contributed by atoms with Crippen molar-refractivity contribution in [2.45, 2.75) is 38.5 Å². The van der Waals surface area contributed by atoms with Gasteiger partial charge in [-0.15, -0.1) is 0 Å². The van der Waals surface area contributed by atoms with Gasteiger partial charge >= 0.3 is 6.03 Å². The van der Waals surface area contributed by atoms with Gasteiger partial charge in [-0.05, 0) is 36.6 Å². The number of aromatic nitrogens is 4. The summed E-state index contributed by atoms with van der Waals surface area (Å²) in [4.78, 5) is 31.6. The fraction of sp³-hybridized carbons (Fsp3) is 0.414. The van der Waals surface area contributed by atoms with Gasteiger partial charge in [0.1, 0.15) is 18.0 Å². The number of benzene rings is 2. The van der Waals surface area contributed by atoms with Crippen LogP contribution in [-0.4, -0.2) is 75.5 Å². The lowest BCUT2D eigenvalue weighted by atomic mass is 9.95. The Labute approximate surface area is 231 Å². The highest BCUT2D eigenvalue weighted by atomic mass is 19.1. The highest BCUT2D eigenvalue weighted by molar-refractivity contribution is 6.00. The summed E-state index contributed by atoms with van der Waals surface area (Å²) in [5.74, 6) is 2.28. The average molecular weight is 546 g/mol. The van der Waals surface area contributed by atoms with Crippen molar-refractivity contribution in [1.82, 2.24) is 25.0 Å². The summed E-state index contributed by atoms with van der Waals surface area (Å²) in [7, 11) is 0. The van der Waals surface area contributed by atoms with E-state index in [2.05, 4.69) is 25.0 Å². The molecule has 2 fully saturated rings. The Bertz CT molecular complexity index is 1530. The number of aliphatic hydroxyl groups is 1. The number of amides is 2. The van der Waals surface area contributed by atoms with E-state index >= 15 is 4.39 Å². The van der Waals surface area contributed by atoms with Crippen LogP contribution in [0.2, 0.25) is 0 Å². The quantitative estimate of drug-likeness (QED) is 0.360. The second-order valence-corrected chi connectivity index (χ2v) is 10.6. The first-order valence-electron chi connectivity index (χ1n) is 13.7. The Morgan fingerprint density at radius 3 is 2.65 bits per heavy atom. The van der Waals surface area contributed by atoms with Crippen molar-refractivity contribution in [1.29, 1.82) is 0 Å². The van der Waals surface area contributed by atoms with Gasteiger partial charge in [-0.3, -0.25) is 4.90 Å². The number of hydrogen-bond donors (Lipinski definition) is 1. The summed E-state index contributed by atoms with van der Waals surface area (Å²) in [6.07, 6.45) is 3.34. The first-order valence-corrected chi connectivity index (χ1v) is 13.7. The maximum absolute atomic E-state index is 15.3. The molecule has 0 atom stereocenters. The van der Waals surface area contributed by atoms with E-state index in [-0.39, 0.29) is 36.7 Å². The van der Waals surface area contributed by atoms with Crippen LogP contribution >= 0.6 is 0 Å². The van der Waals surface area contributed by atoms with E-state index in [1.54, 1.807) is 12.4 Å². The van der Waals surface area contributed by atoms with Crippen LogP contribution in [0.4, 0.5) is 20.7 Å². The van der Waals surface area contributed by atoms with Gasteiger partial charge in [0, 0.05) is 55.5 Å². The summed E-state index contributed by atoms with van der Waals surface area (Å²) in [5.41, 5.74) is 2.44. The van der Waals surface area contributed by atoms with Gasteiger partial charge in [0.05, 0.1) is 17.8 Å². The smallest absolute Gasteiger partial charge is 0.324 e. The number of hydrogen-bond acceptors (Lipinski definition) is 8. The van der Waals surface area contributed by atoms with Gasteiger partial charge in [0.15, 0.2) is 5.82 Å². The molecule has 2 aliphatic rings. The molecule has 1 N–H and O–H groups in total. The summed E-state index contributed by atoms with van der Waals surface area (Å²) >= 11 is 0. The zero-order valence-electron chi connectivity index (χ0n) is 22.6. The SMILES string of the molecule is CC(C)c1nc(C2CCN(c3ncnc4c(-c5ccc(N6CCN(CCO)C6=O)c(F)c5)cccc34)CC2)no1. The fourth-order valence-electron chi connectivity index (χ4n) is 5.58. The number of anilines is 2. The number of urea groups is 1. The van der Waals surface area contributed by atoms with Crippen molar-refractivity contribution in [3.05, 3.63) is 60.3 Å². The number of carbonyl (C=O) groups is 1. The molecule has 40 heavy (non-hydrogen) atoms. The lowest BCUT2D eigenvalue weighted by Gasteiger charge is -2.32. The number of rotatable bonds is 7. The Hall–Kier alpha value is -4.12. The van der Waals surface area contributed by atoms with Gasteiger partial charge in [0.25, 0.3) is 0 Å². The normalized spacial score (nSPS) is 16.6. The molecule has 2 amide bonds. The molecule has 6 rings (SSSR count). The van der Waals surface area contributed by atoms with Crippen LogP contribution in [0.15, 0.2) is 47.2 Å². The third-order valence-electron chi connectivity index (χ3n) is 7.77. The van der Waals surface area contributed by atoms with E-state index in [0.717, 1.165) is 54.0 Å². The zero-order valence-corrected chi connectivity index (χ0v) is 22.6. The predicted octanol–water partition coefficient (Wildman–Crippen LogP) is 4.56. The molecule has 4 aromatic rings. The van der Waals surface area contributed by atoms with E-state index in [4.69, 9.17) is 4.52 Å². The van der Waals surface area contributed by atoms with E-state index in [9.17, 15) is 9.90 Å². The van der Waals surface area contributed by atoms with Crippen LogP contribution in [0.3, 0.4) is 0 Å². The first kappa shape index (κ1) is 26.1. The molecule has 4 heterocycles. The van der Waals surface area contributed by atoms with Crippen LogP contribution in [0.1, 0.15) is 50.2 Å². The molecule has 0 aliphatic carbocycles. The zero-order chi connectivity index (χ0) is 27.8. The Kier molecular flexibility index (Phi) is 7.05. The minimum Gasteiger partial charge on any atom is -0.395 e. The highest BCUT2D eigenvalue weighted by Gasteiger charge is 2.31. The summed E-state index contributed by atoms with van der Waals surface area (Å²) < 4.78 is 20.8. The summed E-state index contributed by atoms with van der Waals surface area (Å²) in [6, 6.07) is 10.5. The number of piperidine rings is 1. The molecule has 0 spiro atoms. The molecule has 11 heteroatoms. The number of nitrogens with zero attached hydrogens (tertiary/aromatic N) is 7. The van der Waals surface area contributed by atoms with Crippen molar-refractivity contribution in [3.63, 3.8) is 0 Å². The number of carbonyl (C=O) groups excluding carboxylic acids is 1. The van der Waals surface area contributed by atoms with Gasteiger partial charge in [0.2, 0.25) is 5.89 Å². The second-order valence-electron chi connectivity index (χ2n) is 10.6. The Morgan fingerprint density at radius 2 is 1.93 bits per heavy atom. The lowest BCUT2D eigenvalue weighted by molar-refractivity contribution is 0.199. The predicted molar refractivity (Wildman–Crippen MR) is 149 cm³/mol. The summed E-state index contributed by atoms with van der Waals surface area (Å²) in [5, 5.41) is 14.3. The molecule has 2 aromatic carbocycles. The average Bonchev–Trinajstić information content (AvgIpc) is 3.61. The van der Waals surface area contributed by atoms with Crippen LogP contribution in [0.25, 0.3) is 22.0 Å². The van der Waals surface area contributed by atoms with Crippen molar-refractivity contribution < 1.29 is 18.8 Å². The standard InChI is InChI=1S/C29H32FN7O3/c1-18(2)28-33-26(34-40-28)19-8-10-35(11-9-19)27-22-5-3-4-21(25(22)31-17-32-27)20-6-7-24(23(30)16-20)37-13-12-36(14-15-38)29(37)39/h3-7,16-19,38H,8-15H2,1-2H3. The van der Waals surface area contributed by atoms with Crippen LogP contribution in [-0.2, 0) is 0 Å². The maximum atomic E-state index is 15.3. The van der Waals surface area contributed by atoms with Crippen molar-refractivity contribution in [2.75, 3.05) is 49.1 Å². The van der Waals surface area contributed by atoms with Crippen LogP contribution < -0.4 is 9.80 Å². The largest absolute Gasteiger partial charge is 0.395 e. The molecule has 10 nitrogen and oxygen atoms in total. The van der Waals surface area contributed by atoms with Gasteiger partial charge in [-0.2, -0.15) is 4.98 Å². The monoisotopic (exact) mass is 545 g/mol. The fourth-order valence-corrected chi connectivity index (χ4v) is 5.58. The Morgan fingerprint density at radius 1 is 1.10 bits per heavy atom. The Balaban J connectivity index is 1.24. The molecule has 0 saturated carbocycles. The highest BCUT2D eigenvalue weighted by Crippen LogP contribution is 2.36. The number of aliphatic hydroxyl groups excluding tert-OH is 1. The number of β-amino-alcohol motifs (C(OH)–C–C–N with tert-alkyl or cyclic N) is 1. The molecule has 2 saturated heterocycles. The summed E-state index contributed by atoms with van der Waals surface area (Å²) in [6.45, 7) is 6.62. The molecule has 0 radical (unpaired) electrons. The van der Waals surface area contributed by atoms with Crippen LogP contribution in [0, 0.1) is 5.82 Å². The topological polar surface area (TPSA) is 112 Å². The molecule has 2 aromatic heterocycles. The third-order valence-corrected chi connectivity index (χ3v) is 7.77. The molecule has 0 bridgehead atoms.